The van der Waals surface area contributed by atoms with E-state index in [0.717, 1.165) is 43.6 Å². The summed E-state index contributed by atoms with van der Waals surface area (Å²) in [4.78, 5) is 46.3. The Morgan fingerprint density at radius 2 is 1.55 bits per heavy atom. The maximum absolute atomic E-state index is 14.1. The van der Waals surface area contributed by atoms with Crippen LogP contribution in [-0.4, -0.2) is 119 Å². The molecule has 3 aliphatic heterocycles. The first-order valence-corrected chi connectivity index (χ1v) is 19.5. The number of morpholine rings is 1. The first kappa shape index (κ1) is 40.4. The van der Waals surface area contributed by atoms with Gasteiger partial charge in [0, 0.05) is 43.7 Å². The minimum Gasteiger partial charge on any atom is -0.493 e. The monoisotopic (exact) mass is 796 g/mol. The third kappa shape index (κ3) is 8.77. The lowest BCUT2D eigenvalue weighted by molar-refractivity contribution is -0.160. The molecule has 3 amide bonds. The number of carbonyl (C=O) groups excluding carboxylic acids is 3. The van der Waals surface area contributed by atoms with Crippen molar-refractivity contribution in [3.8, 4) is 17.2 Å². The molecule has 1 unspecified atom stereocenters. The van der Waals surface area contributed by atoms with Gasteiger partial charge in [0.1, 0.15) is 0 Å². The number of halogens is 2. The predicted molar refractivity (Wildman–Crippen MR) is 210 cm³/mol. The molecule has 12 nitrogen and oxygen atoms in total. The van der Waals surface area contributed by atoms with E-state index in [2.05, 4.69) is 22.3 Å². The Balaban J connectivity index is 1.18. The standard InChI is InChI=1S/C41H50Cl2N4O8/c1-5-54-38(49)35-26-46(21-22-55-35)39(50)44-41(29-9-7-6-8-10-29)15-18-45(19-16-41)17-13-40(30-11-12-31(42)32(43)25-30)14-20-47(27-40)37(48)28-23-33(51-2)36(53-4)34(24-28)52-3/h6-12,23-25,35H,5,13-22,26-27H2,1-4H3,(H,44,50)/t35?,40-/m0/s1. The Kier molecular flexibility index (Phi) is 13.0. The molecule has 3 aromatic rings. The van der Waals surface area contributed by atoms with E-state index in [-0.39, 0.29) is 37.1 Å². The van der Waals surface area contributed by atoms with Crippen molar-refractivity contribution in [1.29, 1.82) is 0 Å². The van der Waals surface area contributed by atoms with E-state index in [1.54, 1.807) is 24.0 Å². The number of benzene rings is 3. The number of amides is 3. The third-order valence-corrected chi connectivity index (χ3v) is 12.0. The summed E-state index contributed by atoms with van der Waals surface area (Å²) in [7, 11) is 4.59. The summed E-state index contributed by atoms with van der Waals surface area (Å²) in [5.41, 5.74) is 1.56. The van der Waals surface area contributed by atoms with Crippen LogP contribution in [0.25, 0.3) is 0 Å². The van der Waals surface area contributed by atoms with Gasteiger partial charge in [0.2, 0.25) is 5.75 Å². The molecule has 0 radical (unpaired) electrons. The largest absolute Gasteiger partial charge is 0.493 e. The van der Waals surface area contributed by atoms with Crippen molar-refractivity contribution in [2.45, 2.75) is 49.7 Å². The number of nitrogens with zero attached hydrogens (tertiary/aromatic N) is 3. The van der Waals surface area contributed by atoms with E-state index in [0.29, 0.717) is 65.3 Å². The van der Waals surface area contributed by atoms with Gasteiger partial charge in [-0.1, -0.05) is 59.6 Å². The molecule has 1 N–H and O–H groups in total. The van der Waals surface area contributed by atoms with E-state index >= 15 is 0 Å². The second-order valence-corrected chi connectivity index (χ2v) is 15.1. The van der Waals surface area contributed by atoms with Gasteiger partial charge in [-0.05, 0) is 74.5 Å². The smallest absolute Gasteiger partial charge is 0.337 e. The van der Waals surface area contributed by atoms with E-state index < -0.39 is 17.6 Å². The van der Waals surface area contributed by atoms with Crippen molar-refractivity contribution in [1.82, 2.24) is 20.0 Å². The number of methoxy groups -OCH3 is 3. The number of esters is 1. The number of likely N-dealkylation sites (tertiary alicyclic amines) is 2. The van der Waals surface area contributed by atoms with Gasteiger partial charge in [0.05, 0.1) is 56.7 Å². The summed E-state index contributed by atoms with van der Waals surface area (Å²) in [6.07, 6.45) is 2.10. The van der Waals surface area contributed by atoms with Crippen molar-refractivity contribution < 1.29 is 38.1 Å². The number of hydrogen-bond acceptors (Lipinski definition) is 9. The van der Waals surface area contributed by atoms with E-state index in [1.807, 2.05) is 41.3 Å². The number of rotatable bonds is 12. The molecule has 0 bridgehead atoms. The summed E-state index contributed by atoms with van der Waals surface area (Å²) in [5, 5.41) is 4.34. The average molecular weight is 798 g/mol. The first-order chi connectivity index (χ1) is 26.5. The highest BCUT2D eigenvalue weighted by molar-refractivity contribution is 6.42. The zero-order chi connectivity index (χ0) is 39.2. The molecular formula is C41H50Cl2N4O8. The minimum absolute atomic E-state index is 0.128. The Labute approximate surface area is 332 Å². The first-order valence-electron chi connectivity index (χ1n) is 18.7. The second kappa shape index (κ2) is 17.7. The van der Waals surface area contributed by atoms with Crippen molar-refractivity contribution in [2.24, 2.45) is 0 Å². The number of nitrogens with one attached hydrogen (secondary N) is 1. The SMILES string of the molecule is CCOC(=O)C1CN(C(=O)NC2(c3ccccc3)CCN(CC[C@]3(c4ccc(Cl)c(Cl)c4)CCN(C(=O)c4cc(OC)c(OC)c(OC)c4)C3)CC2)CCO1. The second-order valence-electron chi connectivity index (χ2n) is 14.3. The van der Waals surface area contributed by atoms with Crippen LogP contribution in [0.2, 0.25) is 10.0 Å². The van der Waals surface area contributed by atoms with E-state index in [1.165, 1.54) is 21.3 Å². The van der Waals surface area contributed by atoms with Crippen LogP contribution in [0.1, 0.15) is 54.1 Å². The molecule has 3 heterocycles. The van der Waals surface area contributed by atoms with Crippen molar-refractivity contribution in [3.63, 3.8) is 0 Å². The van der Waals surface area contributed by atoms with Crippen LogP contribution in [0, 0.1) is 0 Å². The van der Waals surface area contributed by atoms with Crippen molar-refractivity contribution in [3.05, 3.63) is 87.4 Å². The molecule has 55 heavy (non-hydrogen) atoms. The fourth-order valence-electron chi connectivity index (χ4n) is 8.11. The Hall–Kier alpha value is -4.23. The van der Waals surface area contributed by atoms with Crippen LogP contribution < -0.4 is 19.5 Å². The highest BCUT2D eigenvalue weighted by Gasteiger charge is 2.44. The topological polar surface area (TPSA) is 119 Å². The highest BCUT2D eigenvalue weighted by atomic mass is 35.5. The predicted octanol–water partition coefficient (Wildman–Crippen LogP) is 6.16. The van der Waals surface area contributed by atoms with Gasteiger partial charge in [-0.25, -0.2) is 9.59 Å². The lowest BCUT2D eigenvalue weighted by atomic mass is 9.76. The van der Waals surface area contributed by atoms with Gasteiger partial charge in [0.15, 0.2) is 17.6 Å². The quantitative estimate of drug-likeness (QED) is 0.215. The molecule has 3 aromatic carbocycles. The minimum atomic E-state index is -0.805. The molecule has 3 saturated heterocycles. The van der Waals surface area contributed by atoms with Gasteiger partial charge >= 0.3 is 12.0 Å². The van der Waals surface area contributed by atoms with Gasteiger partial charge in [-0.15, -0.1) is 0 Å². The molecule has 296 valence electrons. The maximum Gasteiger partial charge on any atom is 0.337 e. The van der Waals surface area contributed by atoms with Crippen LogP contribution in [0.5, 0.6) is 17.2 Å². The fraction of sp³-hybridized carbons (Fsp3) is 0.488. The van der Waals surface area contributed by atoms with Gasteiger partial charge in [0.25, 0.3) is 5.91 Å². The number of hydrogen-bond donors (Lipinski definition) is 1. The van der Waals surface area contributed by atoms with Crippen LogP contribution in [0.3, 0.4) is 0 Å². The van der Waals surface area contributed by atoms with E-state index in [4.69, 9.17) is 46.9 Å². The number of ether oxygens (including phenoxy) is 5. The van der Waals surface area contributed by atoms with Crippen LogP contribution in [0.4, 0.5) is 4.79 Å². The molecule has 0 aromatic heterocycles. The zero-order valence-electron chi connectivity index (χ0n) is 31.9. The molecule has 3 fully saturated rings. The average Bonchev–Trinajstić information content (AvgIpc) is 3.66. The number of piperidine rings is 1. The lowest BCUT2D eigenvalue weighted by Gasteiger charge is -2.45. The zero-order valence-corrected chi connectivity index (χ0v) is 33.4. The molecular weight excluding hydrogens is 747 g/mol. The summed E-state index contributed by atoms with van der Waals surface area (Å²) in [6.45, 7) is 6.08. The molecule has 14 heteroatoms. The molecule has 0 aliphatic carbocycles. The van der Waals surface area contributed by atoms with Gasteiger partial charge in [-0.2, -0.15) is 0 Å². The molecule has 3 aliphatic rings. The van der Waals surface area contributed by atoms with Crippen LogP contribution in [-0.2, 0) is 25.2 Å². The molecule has 6 rings (SSSR count). The van der Waals surface area contributed by atoms with Crippen molar-refractivity contribution in [2.75, 3.05) is 80.4 Å². The van der Waals surface area contributed by atoms with Crippen LogP contribution >= 0.6 is 23.2 Å². The Morgan fingerprint density at radius 3 is 2.18 bits per heavy atom. The number of urea groups is 1. The van der Waals surface area contributed by atoms with Gasteiger partial charge < -0.3 is 43.7 Å². The highest BCUT2D eigenvalue weighted by Crippen LogP contribution is 2.43. The summed E-state index contributed by atoms with van der Waals surface area (Å²) < 4.78 is 27.3. The fourth-order valence-corrected chi connectivity index (χ4v) is 8.41. The summed E-state index contributed by atoms with van der Waals surface area (Å²) >= 11 is 13.0. The van der Waals surface area contributed by atoms with Gasteiger partial charge in [-0.3, -0.25) is 4.79 Å². The lowest BCUT2D eigenvalue weighted by Crippen LogP contribution is -2.59. The van der Waals surface area contributed by atoms with E-state index in [9.17, 15) is 14.4 Å². The van der Waals surface area contributed by atoms with Crippen molar-refractivity contribution >= 4 is 41.1 Å². The van der Waals surface area contributed by atoms with Crippen LogP contribution in [0.15, 0.2) is 60.7 Å². The Morgan fingerprint density at radius 1 is 0.836 bits per heavy atom. The molecule has 0 saturated carbocycles. The number of carbonyl (C=O) groups is 3. The Bertz CT molecular complexity index is 1810. The molecule has 0 spiro atoms. The third-order valence-electron chi connectivity index (χ3n) is 11.3. The summed E-state index contributed by atoms with van der Waals surface area (Å²) in [6, 6.07) is 19.0. The summed E-state index contributed by atoms with van der Waals surface area (Å²) in [5.74, 6) is 0.670. The maximum atomic E-state index is 14.1. The molecule has 2 atom stereocenters. The normalized spacial score (nSPS) is 21.2.